The minimum atomic E-state index is -3.07. The van der Waals surface area contributed by atoms with Crippen LogP contribution in [0.5, 0.6) is 0 Å². The summed E-state index contributed by atoms with van der Waals surface area (Å²) in [5.41, 5.74) is 0. The molecule has 1 unspecified atom stereocenters. The van der Waals surface area contributed by atoms with Crippen LogP contribution in [0.25, 0.3) is 0 Å². The third kappa shape index (κ3) is 4.72. The van der Waals surface area contributed by atoms with E-state index < -0.39 is 10.0 Å². The monoisotopic (exact) mass is 311 g/mol. The van der Waals surface area contributed by atoms with Crippen LogP contribution >= 0.6 is 15.9 Å². The van der Waals surface area contributed by atoms with Gasteiger partial charge in [-0.05, 0) is 25.2 Å². The zero-order valence-electron chi connectivity index (χ0n) is 10.1. The average Bonchev–Trinajstić information content (AvgIpc) is 2.67. The molecule has 1 atom stereocenters. The molecule has 0 heterocycles. The highest BCUT2D eigenvalue weighted by atomic mass is 79.9. The second-order valence-corrected chi connectivity index (χ2v) is 8.37. The molecule has 1 aliphatic carbocycles. The van der Waals surface area contributed by atoms with E-state index in [1.807, 2.05) is 0 Å². The van der Waals surface area contributed by atoms with Gasteiger partial charge in [0.25, 0.3) is 0 Å². The van der Waals surface area contributed by atoms with Crippen molar-refractivity contribution in [3.05, 3.63) is 0 Å². The summed E-state index contributed by atoms with van der Waals surface area (Å²) in [5, 5.41) is -0.147. The van der Waals surface area contributed by atoms with Crippen molar-refractivity contribution in [2.75, 3.05) is 6.54 Å². The summed E-state index contributed by atoms with van der Waals surface area (Å²) in [4.78, 5) is 0.240. The lowest BCUT2D eigenvalue weighted by atomic mass is 10.1. The SMILES string of the molecule is CC(C)CC(Br)CNS(=O)(=O)C1CCCC1. The molecule has 1 N–H and O–H groups in total. The van der Waals surface area contributed by atoms with Crippen LogP contribution in [0.3, 0.4) is 0 Å². The Kier molecular flexibility index (Phi) is 5.74. The Morgan fingerprint density at radius 1 is 1.31 bits per heavy atom. The van der Waals surface area contributed by atoms with Crippen LogP contribution in [0.2, 0.25) is 0 Å². The molecule has 0 radical (unpaired) electrons. The number of sulfonamides is 1. The predicted molar refractivity (Wildman–Crippen MR) is 71.3 cm³/mol. The van der Waals surface area contributed by atoms with Crippen molar-refractivity contribution in [2.45, 2.75) is 56.0 Å². The van der Waals surface area contributed by atoms with Gasteiger partial charge in [-0.2, -0.15) is 0 Å². The molecule has 96 valence electrons. The van der Waals surface area contributed by atoms with Crippen molar-refractivity contribution >= 4 is 26.0 Å². The van der Waals surface area contributed by atoms with Crippen molar-refractivity contribution in [3.63, 3.8) is 0 Å². The minimum absolute atomic E-state index is 0.147. The highest BCUT2D eigenvalue weighted by Gasteiger charge is 2.28. The van der Waals surface area contributed by atoms with Gasteiger partial charge < -0.3 is 0 Å². The molecule has 16 heavy (non-hydrogen) atoms. The van der Waals surface area contributed by atoms with E-state index in [2.05, 4.69) is 34.5 Å². The van der Waals surface area contributed by atoms with Gasteiger partial charge in [0.15, 0.2) is 0 Å². The molecule has 0 bridgehead atoms. The van der Waals surface area contributed by atoms with Gasteiger partial charge in [-0.25, -0.2) is 13.1 Å². The number of rotatable bonds is 6. The highest BCUT2D eigenvalue weighted by molar-refractivity contribution is 9.09. The van der Waals surface area contributed by atoms with Crippen molar-refractivity contribution in [1.82, 2.24) is 4.72 Å². The molecule has 0 aromatic rings. The summed E-state index contributed by atoms with van der Waals surface area (Å²) >= 11 is 3.51. The summed E-state index contributed by atoms with van der Waals surface area (Å²) in [6, 6.07) is 0. The molecular formula is C11H22BrNO2S. The first kappa shape index (κ1) is 14.5. The van der Waals surface area contributed by atoms with Gasteiger partial charge in [0.2, 0.25) is 10.0 Å². The Bertz CT molecular complexity index is 297. The van der Waals surface area contributed by atoms with Gasteiger partial charge in [-0.15, -0.1) is 0 Å². The summed E-state index contributed by atoms with van der Waals surface area (Å²) in [5.74, 6) is 0.584. The Morgan fingerprint density at radius 3 is 2.38 bits per heavy atom. The van der Waals surface area contributed by atoms with Gasteiger partial charge >= 0.3 is 0 Å². The molecule has 1 saturated carbocycles. The molecule has 3 nitrogen and oxygen atoms in total. The van der Waals surface area contributed by atoms with Crippen LogP contribution in [-0.4, -0.2) is 25.0 Å². The van der Waals surface area contributed by atoms with Crippen molar-refractivity contribution < 1.29 is 8.42 Å². The van der Waals surface area contributed by atoms with Crippen molar-refractivity contribution in [1.29, 1.82) is 0 Å². The summed E-state index contributed by atoms with van der Waals surface area (Å²) < 4.78 is 26.5. The first-order valence-electron chi connectivity index (χ1n) is 6.04. The first-order chi connectivity index (χ1) is 7.42. The van der Waals surface area contributed by atoms with Crippen molar-refractivity contribution in [3.8, 4) is 0 Å². The zero-order valence-corrected chi connectivity index (χ0v) is 12.5. The topological polar surface area (TPSA) is 46.2 Å². The smallest absolute Gasteiger partial charge is 0.214 e. The number of halogens is 1. The standard InChI is InChI=1S/C11H22BrNO2S/c1-9(2)7-10(12)8-13-16(14,15)11-5-3-4-6-11/h9-11,13H,3-8H2,1-2H3. The van der Waals surface area contributed by atoms with E-state index in [0.29, 0.717) is 12.5 Å². The molecule has 0 amide bonds. The molecule has 5 heteroatoms. The summed E-state index contributed by atoms with van der Waals surface area (Å²) in [6.45, 7) is 4.79. The van der Waals surface area contributed by atoms with E-state index in [4.69, 9.17) is 0 Å². The molecule has 0 saturated heterocycles. The number of alkyl halides is 1. The van der Waals surface area contributed by atoms with Crippen LogP contribution in [-0.2, 0) is 10.0 Å². The fourth-order valence-corrected chi connectivity index (χ4v) is 4.86. The van der Waals surface area contributed by atoms with E-state index in [1.165, 1.54) is 0 Å². The maximum absolute atomic E-state index is 11.9. The average molecular weight is 312 g/mol. The molecule has 1 aliphatic rings. The van der Waals surface area contributed by atoms with Gasteiger partial charge in [-0.1, -0.05) is 42.6 Å². The van der Waals surface area contributed by atoms with Crippen molar-refractivity contribution in [2.24, 2.45) is 5.92 Å². The normalized spacial score (nSPS) is 20.5. The summed E-state index contributed by atoms with van der Waals surface area (Å²) in [6.07, 6.45) is 4.75. The Balaban J connectivity index is 2.35. The van der Waals surface area contributed by atoms with Gasteiger partial charge in [0.05, 0.1) is 5.25 Å². The fraction of sp³-hybridized carbons (Fsp3) is 1.00. The van der Waals surface area contributed by atoms with Gasteiger partial charge in [0.1, 0.15) is 0 Å². The number of hydrogen-bond donors (Lipinski definition) is 1. The van der Waals surface area contributed by atoms with Crippen LogP contribution in [0, 0.1) is 5.92 Å². The Morgan fingerprint density at radius 2 is 1.88 bits per heavy atom. The molecule has 1 fully saturated rings. The van der Waals surface area contributed by atoms with Crippen LogP contribution < -0.4 is 4.72 Å². The largest absolute Gasteiger partial charge is 0.214 e. The molecule has 0 aromatic heterocycles. The third-order valence-electron chi connectivity index (χ3n) is 2.97. The molecule has 1 rings (SSSR count). The quantitative estimate of drug-likeness (QED) is 0.767. The van der Waals surface area contributed by atoms with E-state index in [-0.39, 0.29) is 10.1 Å². The molecule has 0 spiro atoms. The van der Waals surface area contributed by atoms with Crippen LogP contribution in [0.1, 0.15) is 46.0 Å². The maximum Gasteiger partial charge on any atom is 0.214 e. The predicted octanol–water partition coefficient (Wildman–Crippen LogP) is 2.66. The van der Waals surface area contributed by atoms with E-state index in [0.717, 1.165) is 32.1 Å². The first-order valence-corrected chi connectivity index (χ1v) is 8.50. The lowest BCUT2D eigenvalue weighted by Gasteiger charge is -2.16. The van der Waals surface area contributed by atoms with E-state index >= 15 is 0 Å². The van der Waals surface area contributed by atoms with E-state index in [9.17, 15) is 8.42 Å². The maximum atomic E-state index is 11.9. The Labute approximate surface area is 108 Å². The van der Waals surface area contributed by atoms with Gasteiger partial charge in [0, 0.05) is 11.4 Å². The zero-order chi connectivity index (χ0) is 12.2. The van der Waals surface area contributed by atoms with Gasteiger partial charge in [-0.3, -0.25) is 0 Å². The molecule has 0 aromatic carbocycles. The Hall–Kier alpha value is 0.390. The molecular weight excluding hydrogens is 290 g/mol. The lowest BCUT2D eigenvalue weighted by molar-refractivity contribution is 0.543. The third-order valence-corrected chi connectivity index (χ3v) is 5.59. The summed E-state index contributed by atoms with van der Waals surface area (Å²) in [7, 11) is -3.07. The number of hydrogen-bond acceptors (Lipinski definition) is 2. The molecule has 0 aliphatic heterocycles. The number of nitrogens with one attached hydrogen (secondary N) is 1. The minimum Gasteiger partial charge on any atom is -0.214 e. The van der Waals surface area contributed by atoms with Crippen LogP contribution in [0.4, 0.5) is 0 Å². The highest BCUT2D eigenvalue weighted by Crippen LogP contribution is 2.24. The lowest BCUT2D eigenvalue weighted by Crippen LogP contribution is -2.36. The second-order valence-electron chi connectivity index (χ2n) is 5.03. The fourth-order valence-electron chi connectivity index (χ4n) is 2.12. The van der Waals surface area contributed by atoms with E-state index in [1.54, 1.807) is 0 Å². The second kappa shape index (κ2) is 6.36. The van der Waals surface area contributed by atoms with Crippen LogP contribution in [0.15, 0.2) is 0 Å².